The van der Waals surface area contributed by atoms with Crippen molar-refractivity contribution >= 4 is 17.8 Å². The predicted octanol–water partition coefficient (Wildman–Crippen LogP) is 2.12. The number of methoxy groups -OCH3 is 2. The van der Waals surface area contributed by atoms with Gasteiger partial charge in [0.05, 0.1) is 14.2 Å². The van der Waals surface area contributed by atoms with Crippen molar-refractivity contribution < 1.29 is 23.9 Å². The van der Waals surface area contributed by atoms with E-state index in [2.05, 4.69) is 5.32 Å². The van der Waals surface area contributed by atoms with Crippen molar-refractivity contribution in [3.05, 3.63) is 60.2 Å². The molecular weight excluding hydrogens is 334 g/mol. The van der Waals surface area contributed by atoms with Crippen molar-refractivity contribution in [2.75, 3.05) is 14.2 Å². The number of carbonyl (C=O) groups is 3. The number of carbonyl (C=O) groups excluding carboxylic acids is 3. The van der Waals surface area contributed by atoms with E-state index in [4.69, 9.17) is 9.47 Å². The maximum atomic E-state index is 12.3. The molecule has 0 atom stereocenters. The molecule has 1 N–H and O–H groups in total. The van der Waals surface area contributed by atoms with Crippen LogP contribution in [0.3, 0.4) is 0 Å². The lowest BCUT2D eigenvalue weighted by Gasteiger charge is -2.28. The fraction of sp³-hybridized carbons (Fsp3) is 0.250. The summed E-state index contributed by atoms with van der Waals surface area (Å²) in [6.45, 7) is 1.22. The second-order valence-corrected chi connectivity index (χ2v) is 5.81. The molecule has 26 heavy (non-hydrogen) atoms. The number of rotatable bonds is 6. The van der Waals surface area contributed by atoms with Crippen molar-refractivity contribution in [1.82, 2.24) is 5.32 Å². The lowest BCUT2D eigenvalue weighted by atomic mass is 9.89. The minimum atomic E-state index is -1.93. The summed E-state index contributed by atoms with van der Waals surface area (Å²) < 4.78 is 9.50. The van der Waals surface area contributed by atoms with Gasteiger partial charge in [-0.3, -0.25) is 4.79 Å². The van der Waals surface area contributed by atoms with Gasteiger partial charge < -0.3 is 14.8 Å². The Labute approximate surface area is 152 Å². The summed E-state index contributed by atoms with van der Waals surface area (Å²) in [4.78, 5) is 36.3. The molecule has 136 valence electrons. The van der Waals surface area contributed by atoms with Crippen LogP contribution in [0.1, 0.15) is 12.5 Å². The standard InChI is InChI=1S/C20H21NO5/c1-14(22)21-20(18(23)25-2,19(24)26-3)13-15-9-11-17(12-10-15)16-7-5-4-6-8-16/h4-12H,13H2,1-3H3,(H,21,22). The molecule has 0 aromatic heterocycles. The van der Waals surface area contributed by atoms with Crippen molar-refractivity contribution in [2.45, 2.75) is 18.9 Å². The van der Waals surface area contributed by atoms with Crippen molar-refractivity contribution in [2.24, 2.45) is 0 Å². The third-order valence-electron chi connectivity index (χ3n) is 3.99. The number of amides is 1. The first-order valence-electron chi connectivity index (χ1n) is 8.03. The number of esters is 2. The summed E-state index contributed by atoms with van der Waals surface area (Å²) in [7, 11) is 2.31. The van der Waals surface area contributed by atoms with Crippen LogP contribution in [0, 0.1) is 0 Å². The maximum absolute atomic E-state index is 12.3. The van der Waals surface area contributed by atoms with Gasteiger partial charge in [0.1, 0.15) is 0 Å². The number of hydrogen-bond acceptors (Lipinski definition) is 5. The first-order valence-corrected chi connectivity index (χ1v) is 8.03. The molecule has 6 nitrogen and oxygen atoms in total. The molecule has 0 aliphatic carbocycles. The quantitative estimate of drug-likeness (QED) is 0.634. The van der Waals surface area contributed by atoms with Crippen LogP contribution in [0.4, 0.5) is 0 Å². The Morgan fingerprint density at radius 3 is 1.81 bits per heavy atom. The Balaban J connectivity index is 2.37. The van der Waals surface area contributed by atoms with Crippen LogP contribution in [-0.2, 0) is 30.3 Å². The molecule has 1 amide bonds. The van der Waals surface area contributed by atoms with Gasteiger partial charge in [-0.05, 0) is 16.7 Å². The largest absolute Gasteiger partial charge is 0.467 e. The number of hydrogen-bond donors (Lipinski definition) is 1. The molecule has 0 unspecified atom stereocenters. The second kappa shape index (κ2) is 8.29. The summed E-state index contributed by atoms with van der Waals surface area (Å²) in [6.07, 6.45) is -0.0823. The molecule has 0 bridgehead atoms. The molecule has 2 aromatic carbocycles. The van der Waals surface area contributed by atoms with Gasteiger partial charge in [0, 0.05) is 13.3 Å². The van der Waals surface area contributed by atoms with Gasteiger partial charge >= 0.3 is 11.9 Å². The van der Waals surface area contributed by atoms with E-state index in [1.807, 2.05) is 42.5 Å². The molecule has 0 heterocycles. The Morgan fingerprint density at radius 1 is 0.846 bits per heavy atom. The van der Waals surface area contributed by atoms with Crippen molar-refractivity contribution in [1.29, 1.82) is 0 Å². The summed E-state index contributed by atoms with van der Waals surface area (Å²) in [5.74, 6) is -2.31. The second-order valence-electron chi connectivity index (χ2n) is 5.81. The average Bonchev–Trinajstić information content (AvgIpc) is 2.67. The van der Waals surface area contributed by atoms with Gasteiger partial charge in [-0.25, -0.2) is 9.59 Å². The molecule has 0 saturated carbocycles. The zero-order valence-corrected chi connectivity index (χ0v) is 14.9. The van der Waals surface area contributed by atoms with Crippen LogP contribution < -0.4 is 5.32 Å². The smallest absolute Gasteiger partial charge is 0.343 e. The molecule has 0 radical (unpaired) electrons. The molecule has 6 heteroatoms. The fourth-order valence-corrected chi connectivity index (χ4v) is 2.77. The highest BCUT2D eigenvalue weighted by Crippen LogP contribution is 2.23. The van der Waals surface area contributed by atoms with E-state index in [1.165, 1.54) is 6.92 Å². The van der Waals surface area contributed by atoms with Gasteiger partial charge in [0.2, 0.25) is 11.4 Å². The third kappa shape index (κ3) is 4.08. The van der Waals surface area contributed by atoms with Gasteiger partial charge in [-0.15, -0.1) is 0 Å². The monoisotopic (exact) mass is 355 g/mol. The highest BCUT2D eigenvalue weighted by Gasteiger charge is 2.49. The lowest BCUT2D eigenvalue weighted by molar-refractivity contribution is -0.165. The predicted molar refractivity (Wildman–Crippen MR) is 96.2 cm³/mol. The van der Waals surface area contributed by atoms with Crippen molar-refractivity contribution in [3.63, 3.8) is 0 Å². The first kappa shape index (κ1) is 19.2. The lowest BCUT2D eigenvalue weighted by Crippen LogP contribution is -2.62. The van der Waals surface area contributed by atoms with Gasteiger partial charge in [0.25, 0.3) is 0 Å². The molecule has 0 aliphatic heterocycles. The average molecular weight is 355 g/mol. The summed E-state index contributed by atoms with van der Waals surface area (Å²) in [5.41, 5.74) is 0.793. The van der Waals surface area contributed by atoms with Crippen molar-refractivity contribution in [3.8, 4) is 11.1 Å². The molecule has 2 rings (SSSR count). The normalized spacial score (nSPS) is 10.7. The highest BCUT2D eigenvalue weighted by atomic mass is 16.5. The van der Waals surface area contributed by atoms with E-state index in [9.17, 15) is 14.4 Å². The maximum Gasteiger partial charge on any atom is 0.343 e. The van der Waals surface area contributed by atoms with Crippen LogP contribution in [0.2, 0.25) is 0 Å². The van der Waals surface area contributed by atoms with E-state index in [-0.39, 0.29) is 6.42 Å². The Hall–Kier alpha value is -3.15. The third-order valence-corrected chi connectivity index (χ3v) is 3.99. The number of benzene rings is 2. The molecule has 2 aromatic rings. The van der Waals surface area contributed by atoms with Crippen LogP contribution >= 0.6 is 0 Å². The van der Waals surface area contributed by atoms with E-state index in [0.29, 0.717) is 5.56 Å². The van der Waals surface area contributed by atoms with Gasteiger partial charge in [0.15, 0.2) is 0 Å². The SMILES string of the molecule is COC(=O)C(Cc1ccc(-c2ccccc2)cc1)(NC(C)=O)C(=O)OC. The zero-order valence-electron chi connectivity index (χ0n) is 14.9. The highest BCUT2D eigenvalue weighted by molar-refractivity contribution is 6.08. The van der Waals surface area contributed by atoms with Crippen LogP contribution in [0.5, 0.6) is 0 Å². The van der Waals surface area contributed by atoms with Gasteiger partial charge in [-0.2, -0.15) is 0 Å². The summed E-state index contributed by atoms with van der Waals surface area (Å²) in [5, 5.41) is 2.40. The molecule has 0 aliphatic rings. The zero-order chi connectivity index (χ0) is 19.2. The fourth-order valence-electron chi connectivity index (χ4n) is 2.77. The Bertz CT molecular complexity index is 768. The first-order chi connectivity index (χ1) is 12.4. The summed E-state index contributed by atoms with van der Waals surface area (Å²) in [6, 6.07) is 17.2. The minimum absolute atomic E-state index is 0.0823. The Morgan fingerprint density at radius 2 is 1.35 bits per heavy atom. The Kier molecular flexibility index (Phi) is 6.11. The topological polar surface area (TPSA) is 81.7 Å². The molecular formula is C20H21NO5. The van der Waals surface area contributed by atoms with Crippen LogP contribution in [-0.4, -0.2) is 37.6 Å². The molecule has 0 spiro atoms. The molecule has 0 saturated heterocycles. The van der Waals surface area contributed by atoms with Crippen LogP contribution in [0.15, 0.2) is 54.6 Å². The summed E-state index contributed by atoms with van der Waals surface area (Å²) >= 11 is 0. The van der Waals surface area contributed by atoms with E-state index < -0.39 is 23.4 Å². The molecule has 0 fully saturated rings. The number of nitrogens with one attached hydrogen (secondary N) is 1. The number of ether oxygens (including phenoxy) is 2. The minimum Gasteiger partial charge on any atom is -0.467 e. The van der Waals surface area contributed by atoms with Crippen LogP contribution in [0.25, 0.3) is 11.1 Å². The van der Waals surface area contributed by atoms with Gasteiger partial charge in [-0.1, -0.05) is 54.6 Å². The van der Waals surface area contributed by atoms with E-state index >= 15 is 0 Å². The van der Waals surface area contributed by atoms with E-state index in [1.54, 1.807) is 12.1 Å². The van der Waals surface area contributed by atoms with E-state index in [0.717, 1.165) is 25.3 Å².